The van der Waals surface area contributed by atoms with Crippen LogP contribution in [0.3, 0.4) is 0 Å². The van der Waals surface area contributed by atoms with Gasteiger partial charge in [0.25, 0.3) is 10.0 Å². The second kappa shape index (κ2) is 8.37. The molecule has 0 radical (unpaired) electrons. The molecule has 0 saturated heterocycles. The van der Waals surface area contributed by atoms with Gasteiger partial charge in [-0.05, 0) is 49.9 Å². The molecule has 5 rings (SSSR count). The lowest BCUT2D eigenvalue weighted by Gasteiger charge is -2.27. The predicted octanol–water partition coefficient (Wildman–Crippen LogP) is 4.02. The summed E-state index contributed by atoms with van der Waals surface area (Å²) < 4.78 is 28.1. The molecule has 164 valence electrons. The zero-order valence-electron chi connectivity index (χ0n) is 17.6. The Morgan fingerprint density at radius 3 is 2.59 bits per heavy atom. The first-order valence-corrected chi connectivity index (χ1v) is 12.2. The lowest BCUT2D eigenvalue weighted by Crippen LogP contribution is -2.35. The van der Waals surface area contributed by atoms with Crippen LogP contribution in [0.5, 0.6) is 0 Å². The molecule has 3 N–H and O–H groups in total. The van der Waals surface area contributed by atoms with Gasteiger partial charge in [-0.25, -0.2) is 22.4 Å². The van der Waals surface area contributed by atoms with E-state index in [1.165, 1.54) is 3.97 Å². The zero-order valence-corrected chi connectivity index (χ0v) is 18.4. The molecule has 0 unspecified atom stereocenters. The third-order valence-corrected chi connectivity index (χ3v) is 7.65. The molecule has 8 heteroatoms. The highest BCUT2D eigenvalue weighted by molar-refractivity contribution is 7.90. The van der Waals surface area contributed by atoms with E-state index in [0.717, 1.165) is 36.6 Å². The molecule has 2 atom stereocenters. The number of rotatable bonds is 5. The third kappa shape index (κ3) is 3.87. The molecular formula is C24H25N5O2S. The van der Waals surface area contributed by atoms with Crippen molar-refractivity contribution in [1.29, 1.82) is 0 Å². The number of aromatic nitrogens is 3. The van der Waals surface area contributed by atoms with Crippen molar-refractivity contribution in [2.45, 2.75) is 42.7 Å². The molecule has 1 aliphatic carbocycles. The Hall–Kier alpha value is -3.23. The van der Waals surface area contributed by atoms with Crippen molar-refractivity contribution in [1.82, 2.24) is 13.9 Å². The SMILES string of the molecule is N[C@H]1CCC[C@@H](Nc2nccc(-c3cn(S(=O)(=O)c4ccccc4)c4ccccc34)n2)C1. The lowest BCUT2D eigenvalue weighted by molar-refractivity contribution is 0.408. The van der Waals surface area contributed by atoms with Gasteiger partial charge in [0.05, 0.1) is 16.1 Å². The summed E-state index contributed by atoms with van der Waals surface area (Å²) in [5.41, 5.74) is 8.13. The van der Waals surface area contributed by atoms with Crippen LogP contribution < -0.4 is 11.1 Å². The van der Waals surface area contributed by atoms with E-state index in [-0.39, 0.29) is 17.0 Å². The van der Waals surface area contributed by atoms with Gasteiger partial charge in [-0.2, -0.15) is 0 Å². The molecule has 0 amide bonds. The number of nitrogens with two attached hydrogens (primary N) is 1. The van der Waals surface area contributed by atoms with Crippen molar-refractivity contribution >= 4 is 26.9 Å². The molecule has 4 aromatic rings. The molecule has 7 nitrogen and oxygen atoms in total. The topological polar surface area (TPSA) is 103 Å². The summed E-state index contributed by atoms with van der Waals surface area (Å²) in [6.07, 6.45) is 7.41. The highest BCUT2D eigenvalue weighted by Gasteiger charge is 2.23. The van der Waals surface area contributed by atoms with Crippen molar-refractivity contribution in [3.05, 3.63) is 73.1 Å². The fraction of sp³-hybridized carbons (Fsp3) is 0.250. The Balaban J connectivity index is 1.56. The molecule has 2 aromatic heterocycles. The van der Waals surface area contributed by atoms with Crippen molar-refractivity contribution < 1.29 is 8.42 Å². The Morgan fingerprint density at radius 2 is 1.78 bits per heavy atom. The summed E-state index contributed by atoms with van der Waals surface area (Å²) in [7, 11) is -3.75. The summed E-state index contributed by atoms with van der Waals surface area (Å²) in [6.45, 7) is 0. The van der Waals surface area contributed by atoms with Crippen LogP contribution in [-0.2, 0) is 10.0 Å². The van der Waals surface area contributed by atoms with Crippen LogP contribution in [0, 0.1) is 0 Å². The average Bonchev–Trinajstić information content (AvgIpc) is 3.21. The van der Waals surface area contributed by atoms with Crippen LogP contribution in [0.4, 0.5) is 5.95 Å². The number of hydrogen-bond donors (Lipinski definition) is 2. The number of benzene rings is 2. The molecule has 1 fully saturated rings. The predicted molar refractivity (Wildman–Crippen MR) is 126 cm³/mol. The van der Waals surface area contributed by atoms with Gasteiger partial charge in [0.15, 0.2) is 0 Å². The monoisotopic (exact) mass is 447 g/mol. The van der Waals surface area contributed by atoms with Gasteiger partial charge in [0.1, 0.15) is 0 Å². The number of hydrogen-bond acceptors (Lipinski definition) is 6. The van der Waals surface area contributed by atoms with Crippen LogP contribution in [0.1, 0.15) is 25.7 Å². The van der Waals surface area contributed by atoms with Gasteiger partial charge in [0, 0.05) is 35.4 Å². The van der Waals surface area contributed by atoms with E-state index in [2.05, 4.69) is 10.3 Å². The number of nitrogens with one attached hydrogen (secondary N) is 1. The van der Waals surface area contributed by atoms with Crippen LogP contribution in [-0.4, -0.2) is 34.4 Å². The van der Waals surface area contributed by atoms with E-state index in [9.17, 15) is 8.42 Å². The highest BCUT2D eigenvalue weighted by Crippen LogP contribution is 2.32. The minimum absolute atomic E-state index is 0.200. The van der Waals surface area contributed by atoms with Gasteiger partial charge in [-0.3, -0.25) is 0 Å². The molecule has 2 aromatic carbocycles. The maximum absolute atomic E-state index is 13.4. The maximum atomic E-state index is 13.4. The summed E-state index contributed by atoms with van der Waals surface area (Å²) in [5, 5.41) is 4.22. The van der Waals surface area contributed by atoms with Gasteiger partial charge >= 0.3 is 0 Å². The first-order chi connectivity index (χ1) is 15.5. The smallest absolute Gasteiger partial charge is 0.268 e. The van der Waals surface area contributed by atoms with E-state index in [1.54, 1.807) is 48.8 Å². The second-order valence-corrected chi connectivity index (χ2v) is 10.0. The summed E-state index contributed by atoms with van der Waals surface area (Å²) in [4.78, 5) is 9.33. The average molecular weight is 448 g/mol. The van der Waals surface area contributed by atoms with Crippen molar-refractivity contribution in [3.63, 3.8) is 0 Å². The van der Waals surface area contributed by atoms with Crippen LogP contribution >= 0.6 is 0 Å². The first kappa shape index (κ1) is 20.7. The Kier molecular flexibility index (Phi) is 5.40. The van der Waals surface area contributed by atoms with Crippen LogP contribution in [0.15, 0.2) is 78.0 Å². The van der Waals surface area contributed by atoms with E-state index in [0.29, 0.717) is 17.2 Å². The van der Waals surface area contributed by atoms with E-state index >= 15 is 0 Å². The van der Waals surface area contributed by atoms with E-state index < -0.39 is 10.0 Å². The quantitative estimate of drug-likeness (QED) is 0.479. The first-order valence-electron chi connectivity index (χ1n) is 10.8. The summed E-state index contributed by atoms with van der Waals surface area (Å²) in [5.74, 6) is 0.532. The number of nitrogens with zero attached hydrogens (tertiary/aromatic N) is 3. The lowest BCUT2D eigenvalue weighted by atomic mass is 9.92. The summed E-state index contributed by atoms with van der Waals surface area (Å²) >= 11 is 0. The Labute approximate surface area is 187 Å². The minimum atomic E-state index is -3.75. The van der Waals surface area contributed by atoms with Gasteiger partial charge in [0.2, 0.25) is 5.95 Å². The van der Waals surface area contributed by atoms with E-state index in [1.807, 2.05) is 24.3 Å². The molecule has 1 aliphatic rings. The molecule has 0 bridgehead atoms. The van der Waals surface area contributed by atoms with E-state index in [4.69, 9.17) is 10.7 Å². The molecule has 0 spiro atoms. The fourth-order valence-corrected chi connectivity index (χ4v) is 5.77. The molecule has 32 heavy (non-hydrogen) atoms. The Morgan fingerprint density at radius 1 is 1.00 bits per heavy atom. The maximum Gasteiger partial charge on any atom is 0.268 e. The Bertz CT molecular complexity index is 1350. The third-order valence-electron chi connectivity index (χ3n) is 5.96. The molecule has 1 saturated carbocycles. The second-order valence-electron chi connectivity index (χ2n) is 8.21. The fourth-order valence-electron chi connectivity index (χ4n) is 4.38. The van der Waals surface area contributed by atoms with Crippen LogP contribution in [0.25, 0.3) is 22.2 Å². The zero-order chi connectivity index (χ0) is 22.1. The summed E-state index contributed by atoms with van der Waals surface area (Å²) in [6, 6.07) is 18.2. The van der Waals surface area contributed by atoms with Crippen molar-refractivity contribution in [2.75, 3.05) is 5.32 Å². The number of fused-ring (bicyclic) bond motifs is 1. The molecule has 2 heterocycles. The van der Waals surface area contributed by atoms with Crippen molar-refractivity contribution in [3.8, 4) is 11.3 Å². The normalized spacial score (nSPS) is 19.2. The van der Waals surface area contributed by atoms with Crippen molar-refractivity contribution in [2.24, 2.45) is 5.73 Å². The molecule has 0 aliphatic heterocycles. The highest BCUT2D eigenvalue weighted by atomic mass is 32.2. The molecular weight excluding hydrogens is 422 g/mol. The van der Waals surface area contributed by atoms with Gasteiger partial charge in [-0.15, -0.1) is 0 Å². The largest absolute Gasteiger partial charge is 0.351 e. The number of anilines is 1. The van der Waals surface area contributed by atoms with Gasteiger partial charge < -0.3 is 11.1 Å². The van der Waals surface area contributed by atoms with Crippen LogP contribution in [0.2, 0.25) is 0 Å². The van der Waals surface area contributed by atoms with Gasteiger partial charge in [-0.1, -0.05) is 36.4 Å². The number of para-hydroxylation sites is 1. The minimum Gasteiger partial charge on any atom is -0.351 e. The standard InChI is InChI=1S/C24H25N5O2S/c25-17-7-6-8-18(15-17)27-24-26-14-13-22(28-24)21-16-29(23-12-5-4-11-20(21)23)32(30,31)19-9-2-1-3-10-19/h1-5,9-14,16-18H,6-8,15,25H2,(H,26,27,28)/t17-,18+/m0/s1.